The van der Waals surface area contributed by atoms with Crippen LogP contribution in [0.2, 0.25) is 0 Å². The molecular formula is C36H42FN7O9. The van der Waals surface area contributed by atoms with Gasteiger partial charge in [0.15, 0.2) is 12.3 Å². The van der Waals surface area contributed by atoms with Crippen molar-refractivity contribution in [3.8, 4) is 11.6 Å². The molecule has 0 bridgehead atoms. The van der Waals surface area contributed by atoms with Crippen molar-refractivity contribution in [2.45, 2.75) is 44.4 Å². The highest BCUT2D eigenvalue weighted by molar-refractivity contribution is 5.96. The number of hydrogen-bond donors (Lipinski definition) is 3. The molecule has 0 radical (unpaired) electrons. The highest BCUT2D eigenvalue weighted by Gasteiger charge is 2.35. The Hall–Kier alpha value is -6.00. The molecule has 16 nitrogen and oxygen atoms in total. The minimum Gasteiger partial charge on any atom is -0.481 e. The van der Waals surface area contributed by atoms with Crippen LogP contribution >= 0.6 is 0 Å². The van der Waals surface area contributed by atoms with Gasteiger partial charge >= 0.3 is 12.1 Å². The number of aliphatic carboxylic acids is 1. The number of carbonyl (C=O) groups excluding carboxylic acids is 5. The monoisotopic (exact) mass is 735 g/mol. The molecule has 3 aromatic rings. The number of carboxylic acid groups (broad SMARTS) is 1. The van der Waals surface area contributed by atoms with Crippen molar-refractivity contribution in [2.75, 3.05) is 52.6 Å². The van der Waals surface area contributed by atoms with Gasteiger partial charge in [-0.2, -0.15) is 5.10 Å². The molecule has 2 aliphatic rings. The number of alkyl halides is 1. The number of carboxylic acids is 1. The van der Waals surface area contributed by atoms with Gasteiger partial charge in [-0.1, -0.05) is 48.5 Å². The van der Waals surface area contributed by atoms with E-state index in [1.54, 1.807) is 30.3 Å². The molecule has 2 aromatic carbocycles. The number of amides is 5. The van der Waals surface area contributed by atoms with Crippen LogP contribution < -0.4 is 15.4 Å². The largest absolute Gasteiger partial charge is 0.481 e. The third-order valence-corrected chi connectivity index (χ3v) is 8.83. The van der Waals surface area contributed by atoms with Crippen LogP contribution in [0.3, 0.4) is 0 Å². The Kier molecular flexibility index (Phi) is 13.3. The molecule has 0 spiro atoms. The molecule has 282 valence electrons. The summed E-state index contributed by atoms with van der Waals surface area (Å²) in [7, 11) is 0. The van der Waals surface area contributed by atoms with Crippen LogP contribution in [0.25, 0.3) is 5.69 Å². The lowest BCUT2D eigenvalue weighted by atomic mass is 10.1. The number of piperazine rings is 1. The van der Waals surface area contributed by atoms with E-state index >= 15 is 0 Å². The number of carbonyl (C=O) groups is 6. The zero-order valence-corrected chi connectivity index (χ0v) is 29.0. The highest BCUT2D eigenvalue weighted by Crippen LogP contribution is 2.22. The number of rotatable bonds is 15. The molecule has 17 heteroatoms. The second-order valence-electron chi connectivity index (χ2n) is 12.4. The van der Waals surface area contributed by atoms with Crippen LogP contribution in [0.5, 0.6) is 5.88 Å². The Morgan fingerprint density at radius 1 is 0.925 bits per heavy atom. The Labute approximate surface area is 304 Å². The third-order valence-electron chi connectivity index (χ3n) is 8.83. The molecule has 5 rings (SSSR count). The molecule has 2 saturated heterocycles. The summed E-state index contributed by atoms with van der Waals surface area (Å²) in [6, 6.07) is 17.2. The number of halogens is 1. The van der Waals surface area contributed by atoms with Gasteiger partial charge in [-0.25, -0.2) is 13.9 Å². The maximum absolute atomic E-state index is 13.6. The number of aromatic nitrogens is 2. The second-order valence-corrected chi connectivity index (χ2v) is 12.4. The summed E-state index contributed by atoms with van der Waals surface area (Å²) in [6.45, 7) is -0.301. The molecule has 3 N–H and O–H groups in total. The summed E-state index contributed by atoms with van der Waals surface area (Å²) < 4.78 is 25.1. The average Bonchev–Trinajstić information content (AvgIpc) is 3.86. The molecule has 3 heterocycles. The average molecular weight is 736 g/mol. The normalized spacial score (nSPS) is 16.1. The van der Waals surface area contributed by atoms with E-state index in [4.69, 9.17) is 9.47 Å². The van der Waals surface area contributed by atoms with Crippen LogP contribution in [-0.4, -0.2) is 130 Å². The van der Waals surface area contributed by atoms with Gasteiger partial charge in [0.25, 0.3) is 11.8 Å². The Balaban J connectivity index is 1.24. The minimum absolute atomic E-state index is 0.0241. The SMILES string of the molecule is O=C(O)CCC(NC(=O)c1cc(OCC(=O)N2CCCC2C(=O)NCCF)n(-c2ccccc2)n1)C(=O)N1CCN(C(=O)OCc2ccccc2)CC1. The molecule has 2 fully saturated rings. The van der Waals surface area contributed by atoms with Gasteiger partial charge in [0.05, 0.1) is 5.69 Å². The summed E-state index contributed by atoms with van der Waals surface area (Å²) in [5.41, 5.74) is 1.17. The lowest BCUT2D eigenvalue weighted by molar-refractivity contribution is -0.140. The van der Waals surface area contributed by atoms with E-state index in [-0.39, 0.29) is 57.3 Å². The van der Waals surface area contributed by atoms with Gasteiger partial charge in [0.2, 0.25) is 17.7 Å². The van der Waals surface area contributed by atoms with Crippen molar-refractivity contribution in [2.24, 2.45) is 0 Å². The quantitative estimate of drug-likeness (QED) is 0.207. The molecular weight excluding hydrogens is 693 g/mol. The van der Waals surface area contributed by atoms with Gasteiger partial charge < -0.3 is 39.9 Å². The van der Waals surface area contributed by atoms with Gasteiger partial charge in [-0.3, -0.25) is 24.0 Å². The Morgan fingerprint density at radius 3 is 2.28 bits per heavy atom. The number of nitrogens with zero attached hydrogens (tertiary/aromatic N) is 5. The third kappa shape index (κ3) is 10.3. The summed E-state index contributed by atoms with van der Waals surface area (Å²) in [5.74, 6) is -3.37. The smallest absolute Gasteiger partial charge is 0.410 e. The van der Waals surface area contributed by atoms with E-state index < -0.39 is 67.5 Å². The van der Waals surface area contributed by atoms with Gasteiger partial charge in [0.1, 0.15) is 25.4 Å². The zero-order chi connectivity index (χ0) is 37.7. The fourth-order valence-corrected chi connectivity index (χ4v) is 6.07. The summed E-state index contributed by atoms with van der Waals surface area (Å²) >= 11 is 0. The molecule has 2 aliphatic heterocycles. The number of ether oxygens (including phenoxy) is 2. The number of benzene rings is 2. The van der Waals surface area contributed by atoms with E-state index in [0.717, 1.165) is 5.56 Å². The molecule has 0 saturated carbocycles. The van der Waals surface area contributed by atoms with Gasteiger partial charge in [0, 0.05) is 51.8 Å². The Morgan fingerprint density at radius 2 is 1.60 bits per heavy atom. The van der Waals surface area contributed by atoms with Gasteiger partial charge in [-0.15, -0.1) is 0 Å². The van der Waals surface area contributed by atoms with Crippen molar-refractivity contribution in [3.63, 3.8) is 0 Å². The van der Waals surface area contributed by atoms with Crippen LogP contribution in [0.15, 0.2) is 66.7 Å². The first-order chi connectivity index (χ1) is 25.6. The summed E-state index contributed by atoms with van der Waals surface area (Å²) in [4.78, 5) is 81.3. The van der Waals surface area contributed by atoms with E-state index in [1.165, 1.54) is 25.4 Å². The second kappa shape index (κ2) is 18.5. The number of para-hydroxylation sites is 1. The predicted octanol–water partition coefficient (Wildman–Crippen LogP) is 1.77. The lowest BCUT2D eigenvalue weighted by Crippen LogP contribution is -2.56. The first-order valence-electron chi connectivity index (χ1n) is 17.3. The van der Waals surface area contributed by atoms with E-state index in [2.05, 4.69) is 15.7 Å². The molecule has 1 aromatic heterocycles. The summed E-state index contributed by atoms with van der Waals surface area (Å²) in [5, 5.41) is 18.8. The van der Waals surface area contributed by atoms with Crippen molar-refractivity contribution in [1.29, 1.82) is 0 Å². The fraction of sp³-hybridized carbons (Fsp3) is 0.417. The maximum Gasteiger partial charge on any atom is 0.410 e. The van der Waals surface area contributed by atoms with Crippen molar-refractivity contribution in [3.05, 3.63) is 78.0 Å². The molecule has 53 heavy (non-hydrogen) atoms. The van der Waals surface area contributed by atoms with E-state index in [1.807, 2.05) is 30.3 Å². The number of hydrogen-bond acceptors (Lipinski definition) is 9. The van der Waals surface area contributed by atoms with E-state index in [9.17, 15) is 38.3 Å². The fourth-order valence-electron chi connectivity index (χ4n) is 6.07. The topological polar surface area (TPSA) is 193 Å². The zero-order valence-electron chi connectivity index (χ0n) is 29.0. The van der Waals surface area contributed by atoms with Crippen LogP contribution in [-0.2, 0) is 30.5 Å². The minimum atomic E-state index is -1.22. The van der Waals surface area contributed by atoms with Crippen molar-refractivity contribution < 1.29 is 47.7 Å². The summed E-state index contributed by atoms with van der Waals surface area (Å²) in [6.07, 6.45) is -0.114. The maximum atomic E-state index is 13.6. The van der Waals surface area contributed by atoms with Crippen molar-refractivity contribution in [1.82, 2.24) is 35.1 Å². The lowest BCUT2D eigenvalue weighted by Gasteiger charge is -2.36. The molecule has 2 unspecified atom stereocenters. The van der Waals surface area contributed by atoms with Crippen LogP contribution in [0.4, 0.5) is 9.18 Å². The standard InChI is InChI=1S/C36H42FN7O9/c37-15-16-38-34(49)29-12-7-17-43(29)30(45)24-52-31-22-28(40-44(31)26-10-5-2-6-11-26)33(48)39-27(13-14-32(46)47)35(50)41-18-20-42(21-19-41)36(51)53-23-25-8-3-1-4-9-25/h1-6,8-11,22,27,29H,7,12-21,23-24H2,(H,38,49)(H,39,48)(H,46,47). The Bertz CT molecular complexity index is 1750. The predicted molar refractivity (Wildman–Crippen MR) is 186 cm³/mol. The first kappa shape index (κ1) is 38.2. The highest BCUT2D eigenvalue weighted by atomic mass is 19.1. The molecule has 0 aliphatic carbocycles. The number of nitrogens with one attached hydrogen (secondary N) is 2. The van der Waals surface area contributed by atoms with Crippen molar-refractivity contribution >= 4 is 35.7 Å². The van der Waals surface area contributed by atoms with E-state index in [0.29, 0.717) is 25.1 Å². The molecule has 2 atom stereocenters. The molecule has 5 amide bonds. The van der Waals surface area contributed by atoms with Crippen LogP contribution in [0.1, 0.15) is 41.7 Å². The number of likely N-dealkylation sites (tertiary alicyclic amines) is 1. The van der Waals surface area contributed by atoms with Gasteiger partial charge in [-0.05, 0) is 37.0 Å². The first-order valence-corrected chi connectivity index (χ1v) is 17.3. The van der Waals surface area contributed by atoms with Crippen LogP contribution in [0, 0.1) is 0 Å².